The third kappa shape index (κ3) is 4.37. The van der Waals surface area contributed by atoms with E-state index >= 15 is 0 Å². The topological polar surface area (TPSA) is 89.3 Å². The van der Waals surface area contributed by atoms with Crippen LogP contribution < -0.4 is 10.2 Å². The molecular formula is C22H23N5O3S2. The zero-order valence-corrected chi connectivity index (χ0v) is 20.1. The van der Waals surface area contributed by atoms with Crippen LogP contribution in [-0.2, 0) is 9.53 Å². The number of carbonyl (C=O) groups is 2. The maximum Gasteiger partial charge on any atom is 0.348 e. The molecule has 3 aromatic heterocycles. The molecule has 0 radical (unpaired) electrons. The number of nitrogens with zero attached hydrogens (tertiary/aromatic N) is 4. The Balaban J connectivity index is 1.40. The first-order chi connectivity index (χ1) is 15.2. The van der Waals surface area contributed by atoms with Crippen molar-refractivity contribution < 1.29 is 14.3 Å². The molecule has 1 aromatic carbocycles. The van der Waals surface area contributed by atoms with Gasteiger partial charge in [0.05, 0.1) is 27.5 Å². The van der Waals surface area contributed by atoms with Crippen LogP contribution in [0, 0.1) is 20.8 Å². The van der Waals surface area contributed by atoms with E-state index in [2.05, 4.69) is 15.4 Å². The van der Waals surface area contributed by atoms with Gasteiger partial charge in [-0.2, -0.15) is 5.10 Å². The summed E-state index contributed by atoms with van der Waals surface area (Å²) in [6.45, 7) is 5.35. The van der Waals surface area contributed by atoms with E-state index in [0.717, 1.165) is 31.6 Å². The lowest BCUT2D eigenvalue weighted by atomic mass is 10.2. The van der Waals surface area contributed by atoms with Gasteiger partial charge in [-0.05, 0) is 39.0 Å². The maximum absolute atomic E-state index is 12.4. The number of anilines is 2. The summed E-state index contributed by atoms with van der Waals surface area (Å²) in [6, 6.07) is 9.73. The number of aryl methyl sites for hydroxylation is 2. The van der Waals surface area contributed by atoms with Gasteiger partial charge in [0.25, 0.3) is 5.91 Å². The zero-order chi connectivity index (χ0) is 23.0. The smallest absolute Gasteiger partial charge is 0.348 e. The Bertz CT molecular complexity index is 1270. The van der Waals surface area contributed by atoms with E-state index in [1.807, 2.05) is 64.0 Å². The molecular weight excluding hydrogens is 446 g/mol. The Morgan fingerprint density at radius 1 is 1.12 bits per heavy atom. The largest absolute Gasteiger partial charge is 0.451 e. The summed E-state index contributed by atoms with van der Waals surface area (Å²) >= 11 is 2.76. The van der Waals surface area contributed by atoms with Crippen LogP contribution in [0.25, 0.3) is 15.2 Å². The van der Waals surface area contributed by atoms with Crippen molar-refractivity contribution in [2.75, 3.05) is 30.9 Å². The van der Waals surface area contributed by atoms with E-state index in [-0.39, 0.29) is 6.61 Å². The lowest BCUT2D eigenvalue weighted by molar-refractivity contribution is -0.119. The van der Waals surface area contributed by atoms with Crippen LogP contribution in [0.3, 0.4) is 0 Å². The van der Waals surface area contributed by atoms with Gasteiger partial charge in [-0.25, -0.2) is 14.5 Å². The number of thiazole rings is 1. The maximum atomic E-state index is 12.4. The van der Waals surface area contributed by atoms with Gasteiger partial charge in [-0.15, -0.1) is 11.3 Å². The van der Waals surface area contributed by atoms with Crippen LogP contribution in [0.4, 0.5) is 10.8 Å². The second-order valence-corrected chi connectivity index (χ2v) is 9.63. The van der Waals surface area contributed by atoms with Gasteiger partial charge in [0.1, 0.15) is 9.71 Å². The van der Waals surface area contributed by atoms with Gasteiger partial charge in [-0.3, -0.25) is 4.79 Å². The average Bonchev–Trinajstić information content (AvgIpc) is 3.41. The number of rotatable bonds is 6. The van der Waals surface area contributed by atoms with Gasteiger partial charge in [-0.1, -0.05) is 29.0 Å². The Hall–Kier alpha value is -3.24. The zero-order valence-electron chi connectivity index (χ0n) is 18.4. The molecule has 0 aliphatic rings. The molecule has 0 saturated heterocycles. The van der Waals surface area contributed by atoms with Crippen molar-refractivity contribution in [2.24, 2.45) is 0 Å². The summed E-state index contributed by atoms with van der Waals surface area (Å²) in [6.07, 6.45) is 0. The molecule has 166 valence electrons. The number of ether oxygens (including phenoxy) is 1. The van der Waals surface area contributed by atoms with E-state index in [0.29, 0.717) is 16.3 Å². The summed E-state index contributed by atoms with van der Waals surface area (Å²) in [4.78, 5) is 32.5. The number of hydrogen-bond acceptors (Lipinski definition) is 8. The summed E-state index contributed by atoms with van der Waals surface area (Å²) in [5.41, 5.74) is 4.16. The molecule has 10 heteroatoms. The van der Waals surface area contributed by atoms with Crippen molar-refractivity contribution >= 4 is 54.9 Å². The minimum absolute atomic E-state index is 0.380. The predicted octanol–water partition coefficient (Wildman–Crippen LogP) is 4.33. The first-order valence-electron chi connectivity index (χ1n) is 9.91. The lowest BCUT2D eigenvalue weighted by Crippen LogP contribution is -2.21. The summed E-state index contributed by atoms with van der Waals surface area (Å²) in [5.74, 6) is -0.954. The molecule has 0 aliphatic heterocycles. The van der Waals surface area contributed by atoms with Gasteiger partial charge in [0.15, 0.2) is 11.7 Å². The van der Waals surface area contributed by atoms with Crippen LogP contribution >= 0.6 is 22.7 Å². The average molecular weight is 470 g/mol. The van der Waals surface area contributed by atoms with Crippen LogP contribution in [0.5, 0.6) is 0 Å². The van der Waals surface area contributed by atoms with Crippen molar-refractivity contribution in [3.63, 3.8) is 0 Å². The minimum atomic E-state index is -0.537. The van der Waals surface area contributed by atoms with E-state index in [4.69, 9.17) is 4.74 Å². The molecule has 4 aromatic rings. The van der Waals surface area contributed by atoms with E-state index in [9.17, 15) is 9.59 Å². The second kappa shape index (κ2) is 8.71. The molecule has 0 saturated carbocycles. The number of hydrogen-bond donors (Lipinski definition) is 1. The highest BCUT2D eigenvalue weighted by molar-refractivity contribution is 7.29. The monoisotopic (exact) mass is 469 g/mol. The third-order valence-electron chi connectivity index (χ3n) is 4.83. The number of thiophene rings is 1. The van der Waals surface area contributed by atoms with Crippen molar-refractivity contribution in [3.05, 3.63) is 52.2 Å². The Morgan fingerprint density at radius 2 is 1.84 bits per heavy atom. The first kappa shape index (κ1) is 22.0. The molecule has 0 bridgehead atoms. The van der Waals surface area contributed by atoms with Crippen LogP contribution in [0.15, 0.2) is 30.3 Å². The Morgan fingerprint density at radius 3 is 2.50 bits per heavy atom. The van der Waals surface area contributed by atoms with Crippen LogP contribution in [0.1, 0.15) is 26.6 Å². The standard InChI is InChI=1S/C22H23N5O3S2/c1-12-6-8-15(9-7-12)27-14(3)19(13(2)25-27)23-18(28)11-30-21(29)17-10-16-20(31-17)24-22(32-16)26(4)5/h6-10H,11H2,1-5H3,(H,23,28). The molecule has 0 aliphatic carbocycles. The normalized spacial score (nSPS) is 11.0. The first-order valence-corrected chi connectivity index (χ1v) is 11.5. The number of aromatic nitrogens is 3. The Labute approximate surface area is 193 Å². The second-order valence-electron chi connectivity index (χ2n) is 7.59. The molecule has 1 N–H and O–H groups in total. The number of carbonyl (C=O) groups excluding carboxylic acids is 2. The van der Waals surface area contributed by atoms with Crippen molar-refractivity contribution in [1.82, 2.24) is 14.8 Å². The molecule has 8 nitrogen and oxygen atoms in total. The van der Waals surface area contributed by atoms with Gasteiger partial charge in [0.2, 0.25) is 0 Å². The van der Waals surface area contributed by atoms with Gasteiger partial charge < -0.3 is 15.0 Å². The molecule has 3 heterocycles. The fourth-order valence-corrected chi connectivity index (χ4v) is 5.18. The molecule has 4 rings (SSSR count). The highest BCUT2D eigenvalue weighted by Crippen LogP contribution is 2.34. The van der Waals surface area contributed by atoms with E-state index in [1.165, 1.54) is 22.7 Å². The van der Waals surface area contributed by atoms with Gasteiger partial charge in [0, 0.05) is 14.1 Å². The predicted molar refractivity (Wildman–Crippen MR) is 129 cm³/mol. The highest BCUT2D eigenvalue weighted by atomic mass is 32.1. The summed E-state index contributed by atoms with van der Waals surface area (Å²) < 4.78 is 7.92. The number of fused-ring (bicyclic) bond motifs is 1. The number of esters is 1. The lowest BCUT2D eigenvalue weighted by Gasteiger charge is -2.08. The fraction of sp³-hybridized carbons (Fsp3) is 0.273. The highest BCUT2D eigenvalue weighted by Gasteiger charge is 2.19. The molecule has 0 unspecified atom stereocenters. The number of nitrogens with one attached hydrogen (secondary N) is 1. The van der Waals surface area contributed by atoms with Crippen molar-refractivity contribution in [2.45, 2.75) is 20.8 Å². The molecule has 1 amide bonds. The van der Waals surface area contributed by atoms with Crippen LogP contribution in [-0.4, -0.2) is 47.3 Å². The van der Waals surface area contributed by atoms with E-state index < -0.39 is 11.9 Å². The van der Waals surface area contributed by atoms with Crippen molar-refractivity contribution in [3.8, 4) is 5.69 Å². The number of amides is 1. The molecule has 0 atom stereocenters. The summed E-state index contributed by atoms with van der Waals surface area (Å²) in [5, 5.41) is 8.22. The minimum Gasteiger partial charge on any atom is -0.451 e. The molecule has 0 spiro atoms. The SMILES string of the molecule is Cc1ccc(-n2nc(C)c(NC(=O)COC(=O)c3cc4sc(N(C)C)nc4s3)c2C)cc1. The van der Waals surface area contributed by atoms with Crippen molar-refractivity contribution in [1.29, 1.82) is 0 Å². The third-order valence-corrected chi connectivity index (χ3v) is 7.14. The fourth-order valence-electron chi connectivity index (χ4n) is 3.15. The van der Waals surface area contributed by atoms with Gasteiger partial charge >= 0.3 is 5.97 Å². The molecule has 32 heavy (non-hydrogen) atoms. The Kier molecular flexibility index (Phi) is 5.98. The summed E-state index contributed by atoms with van der Waals surface area (Å²) in [7, 11) is 3.84. The quantitative estimate of drug-likeness (QED) is 0.423. The molecule has 0 fully saturated rings. The van der Waals surface area contributed by atoms with E-state index in [1.54, 1.807) is 10.7 Å². The van der Waals surface area contributed by atoms with Crippen LogP contribution in [0.2, 0.25) is 0 Å². The number of benzene rings is 1.